The summed E-state index contributed by atoms with van der Waals surface area (Å²) in [4.78, 5) is 23.6. The first-order valence-electron chi connectivity index (χ1n) is 6.59. The predicted molar refractivity (Wildman–Crippen MR) is 78.5 cm³/mol. The minimum atomic E-state index is -0.630. The number of amides is 1. The van der Waals surface area contributed by atoms with Crippen molar-refractivity contribution >= 4 is 17.6 Å². The van der Waals surface area contributed by atoms with Crippen LogP contribution in [-0.4, -0.2) is 24.5 Å². The molecule has 0 aromatic heterocycles. The Kier molecular flexibility index (Phi) is 5.27. The molecule has 0 heterocycles. The normalized spacial score (nSPS) is 11.3. The molecule has 0 radical (unpaired) electrons. The van der Waals surface area contributed by atoms with Crippen LogP contribution in [0.25, 0.3) is 0 Å². The van der Waals surface area contributed by atoms with Gasteiger partial charge in [0.1, 0.15) is 0 Å². The monoisotopic (exact) mass is 278 g/mol. The van der Waals surface area contributed by atoms with Crippen LogP contribution in [0.5, 0.6) is 0 Å². The molecule has 0 spiro atoms. The molecule has 3 N–H and O–H groups in total. The smallest absolute Gasteiger partial charge is 0.338 e. The van der Waals surface area contributed by atoms with Crippen LogP contribution in [0.3, 0.4) is 0 Å². The summed E-state index contributed by atoms with van der Waals surface area (Å²) in [6, 6.07) is 6.58. The number of nitrogens with two attached hydrogens (primary N) is 1. The van der Waals surface area contributed by atoms with Gasteiger partial charge in [-0.15, -0.1) is 0 Å². The van der Waals surface area contributed by atoms with Crippen molar-refractivity contribution < 1.29 is 14.3 Å². The molecule has 1 rings (SSSR count). The summed E-state index contributed by atoms with van der Waals surface area (Å²) in [5.74, 6) is -0.530. The lowest BCUT2D eigenvalue weighted by Gasteiger charge is -2.21. The predicted octanol–water partition coefficient (Wildman–Crippen LogP) is 2.18. The van der Waals surface area contributed by atoms with Crippen LogP contribution in [0.2, 0.25) is 0 Å². The van der Waals surface area contributed by atoms with Gasteiger partial charge in [0.05, 0.1) is 17.1 Å². The van der Waals surface area contributed by atoms with Gasteiger partial charge in [-0.2, -0.15) is 0 Å². The summed E-state index contributed by atoms with van der Waals surface area (Å²) < 4.78 is 5.09. The number of hydrogen-bond acceptors (Lipinski definition) is 4. The Balaban J connectivity index is 2.73. The Hall–Kier alpha value is -1.88. The van der Waals surface area contributed by atoms with Gasteiger partial charge in [-0.3, -0.25) is 4.79 Å². The van der Waals surface area contributed by atoms with Gasteiger partial charge in [-0.1, -0.05) is 0 Å². The maximum atomic E-state index is 11.9. The second kappa shape index (κ2) is 6.52. The highest BCUT2D eigenvalue weighted by molar-refractivity contribution is 5.96. The van der Waals surface area contributed by atoms with E-state index in [1.807, 2.05) is 0 Å². The maximum absolute atomic E-state index is 11.9. The molecule has 0 atom stereocenters. The summed E-state index contributed by atoms with van der Waals surface area (Å²) in [5.41, 5.74) is 6.00. The standard InChI is InChI=1S/C15H22N2O3/c1-10(2)20-13(18)11-5-7-12(8-6-11)17-14(19)15(3,4)9-16/h5-8,10H,9,16H2,1-4H3,(H,17,19). The summed E-state index contributed by atoms with van der Waals surface area (Å²) in [5, 5.41) is 2.77. The van der Waals surface area contributed by atoms with Crippen LogP contribution >= 0.6 is 0 Å². The molecule has 1 aromatic rings. The fourth-order valence-corrected chi connectivity index (χ4v) is 1.36. The fourth-order valence-electron chi connectivity index (χ4n) is 1.36. The van der Waals surface area contributed by atoms with Crippen molar-refractivity contribution in [2.24, 2.45) is 11.1 Å². The number of anilines is 1. The van der Waals surface area contributed by atoms with Crippen molar-refractivity contribution in [3.05, 3.63) is 29.8 Å². The Bertz CT molecular complexity index is 478. The minimum Gasteiger partial charge on any atom is -0.459 e. The van der Waals surface area contributed by atoms with Gasteiger partial charge in [0.25, 0.3) is 0 Å². The van der Waals surface area contributed by atoms with Crippen molar-refractivity contribution in [2.45, 2.75) is 33.8 Å². The number of esters is 1. The van der Waals surface area contributed by atoms with Gasteiger partial charge in [0.15, 0.2) is 0 Å². The highest BCUT2D eigenvalue weighted by Crippen LogP contribution is 2.17. The van der Waals surface area contributed by atoms with Crippen molar-refractivity contribution in [3.8, 4) is 0 Å². The zero-order chi connectivity index (χ0) is 15.3. The van der Waals surface area contributed by atoms with Gasteiger partial charge in [-0.05, 0) is 52.0 Å². The second-order valence-electron chi connectivity index (χ2n) is 5.57. The van der Waals surface area contributed by atoms with E-state index in [2.05, 4.69) is 5.32 Å². The Morgan fingerprint density at radius 2 is 1.80 bits per heavy atom. The van der Waals surface area contributed by atoms with Crippen LogP contribution in [-0.2, 0) is 9.53 Å². The topological polar surface area (TPSA) is 81.4 Å². The first-order chi connectivity index (χ1) is 9.26. The van der Waals surface area contributed by atoms with Gasteiger partial charge in [0, 0.05) is 12.2 Å². The van der Waals surface area contributed by atoms with E-state index in [1.165, 1.54) is 0 Å². The molecule has 0 aliphatic rings. The molecule has 0 saturated carbocycles. The molecule has 0 saturated heterocycles. The van der Waals surface area contributed by atoms with E-state index >= 15 is 0 Å². The number of carbonyl (C=O) groups excluding carboxylic acids is 2. The van der Waals surface area contributed by atoms with Crippen LogP contribution in [0.4, 0.5) is 5.69 Å². The molecule has 110 valence electrons. The Labute approximate surface area is 119 Å². The van der Waals surface area contributed by atoms with Crippen molar-refractivity contribution in [1.82, 2.24) is 0 Å². The maximum Gasteiger partial charge on any atom is 0.338 e. The Morgan fingerprint density at radius 3 is 2.25 bits per heavy atom. The summed E-state index contributed by atoms with van der Waals surface area (Å²) in [7, 11) is 0. The SMILES string of the molecule is CC(C)OC(=O)c1ccc(NC(=O)C(C)(C)CN)cc1. The fraction of sp³-hybridized carbons (Fsp3) is 0.467. The number of hydrogen-bond donors (Lipinski definition) is 2. The molecule has 0 aliphatic heterocycles. The van der Waals surface area contributed by atoms with Gasteiger partial charge >= 0.3 is 5.97 Å². The quantitative estimate of drug-likeness (QED) is 0.809. The van der Waals surface area contributed by atoms with E-state index in [-0.39, 0.29) is 24.5 Å². The molecule has 0 aliphatic carbocycles. The highest BCUT2D eigenvalue weighted by Gasteiger charge is 2.25. The van der Waals surface area contributed by atoms with E-state index in [9.17, 15) is 9.59 Å². The molecule has 20 heavy (non-hydrogen) atoms. The number of nitrogens with one attached hydrogen (secondary N) is 1. The zero-order valence-electron chi connectivity index (χ0n) is 12.4. The number of rotatable bonds is 5. The van der Waals surface area contributed by atoms with Crippen LogP contribution < -0.4 is 11.1 Å². The van der Waals surface area contributed by atoms with Crippen molar-refractivity contribution in [3.63, 3.8) is 0 Å². The molecule has 1 amide bonds. The van der Waals surface area contributed by atoms with Crippen molar-refractivity contribution in [2.75, 3.05) is 11.9 Å². The average Bonchev–Trinajstić information content (AvgIpc) is 2.38. The van der Waals surface area contributed by atoms with Crippen molar-refractivity contribution in [1.29, 1.82) is 0 Å². The summed E-state index contributed by atoms with van der Waals surface area (Å²) in [6.45, 7) is 7.40. The van der Waals surface area contributed by atoms with Gasteiger partial charge in [-0.25, -0.2) is 4.79 Å². The third-order valence-electron chi connectivity index (χ3n) is 2.85. The molecule has 0 fully saturated rings. The Morgan fingerprint density at radius 1 is 1.25 bits per heavy atom. The third kappa shape index (κ3) is 4.35. The van der Waals surface area contributed by atoms with Crippen LogP contribution in [0.1, 0.15) is 38.1 Å². The minimum absolute atomic E-state index is 0.155. The van der Waals surface area contributed by atoms with Gasteiger partial charge < -0.3 is 15.8 Å². The number of carbonyl (C=O) groups is 2. The highest BCUT2D eigenvalue weighted by atomic mass is 16.5. The number of ether oxygens (including phenoxy) is 1. The lowest BCUT2D eigenvalue weighted by molar-refractivity contribution is -0.123. The second-order valence-corrected chi connectivity index (χ2v) is 5.57. The first kappa shape index (κ1) is 16.2. The first-order valence-corrected chi connectivity index (χ1v) is 6.59. The molecular formula is C15H22N2O3. The molecular weight excluding hydrogens is 256 g/mol. The van der Waals surface area contributed by atoms with Gasteiger partial charge in [0.2, 0.25) is 5.91 Å². The average molecular weight is 278 g/mol. The summed E-state index contributed by atoms with van der Waals surface area (Å²) >= 11 is 0. The largest absolute Gasteiger partial charge is 0.459 e. The van der Waals surface area contributed by atoms with Crippen LogP contribution in [0, 0.1) is 5.41 Å². The summed E-state index contributed by atoms with van der Waals surface area (Å²) in [6.07, 6.45) is -0.160. The molecule has 5 nitrogen and oxygen atoms in total. The third-order valence-corrected chi connectivity index (χ3v) is 2.85. The molecule has 0 bridgehead atoms. The lowest BCUT2D eigenvalue weighted by Crippen LogP contribution is -2.37. The molecule has 5 heteroatoms. The molecule has 1 aromatic carbocycles. The number of benzene rings is 1. The van der Waals surface area contributed by atoms with E-state index in [0.29, 0.717) is 11.3 Å². The van der Waals surface area contributed by atoms with E-state index < -0.39 is 5.41 Å². The lowest BCUT2D eigenvalue weighted by atomic mass is 9.92. The van der Waals surface area contributed by atoms with E-state index in [1.54, 1.807) is 52.0 Å². The van der Waals surface area contributed by atoms with Crippen LogP contribution in [0.15, 0.2) is 24.3 Å². The molecule has 0 unspecified atom stereocenters. The van der Waals surface area contributed by atoms with E-state index in [4.69, 9.17) is 10.5 Å². The van der Waals surface area contributed by atoms with E-state index in [0.717, 1.165) is 0 Å². The zero-order valence-corrected chi connectivity index (χ0v) is 12.4.